The third-order valence-electron chi connectivity index (χ3n) is 1.15. The lowest BCUT2D eigenvalue weighted by Gasteiger charge is -2.01. The second kappa shape index (κ2) is 3.84. The highest BCUT2D eigenvalue weighted by molar-refractivity contribution is 7.15. The van der Waals surface area contributed by atoms with Crippen molar-refractivity contribution in [3.05, 3.63) is 15.5 Å². The number of aliphatic hydroxyl groups excluding tert-OH is 1. The molecule has 0 spiro atoms. The highest BCUT2D eigenvalue weighted by Gasteiger charge is 2.15. The van der Waals surface area contributed by atoms with Crippen LogP contribution in [0.4, 0.5) is 0 Å². The molecule has 0 bridgehead atoms. The van der Waals surface area contributed by atoms with Gasteiger partial charge in [0.2, 0.25) is 0 Å². The molecule has 0 saturated carbocycles. The van der Waals surface area contributed by atoms with Crippen molar-refractivity contribution in [3.63, 3.8) is 0 Å². The summed E-state index contributed by atoms with van der Waals surface area (Å²) in [4.78, 5) is 13.9. The number of nitrogens with zero attached hydrogens (tertiary/aromatic N) is 1. The molecule has 0 saturated heterocycles. The van der Waals surface area contributed by atoms with Gasteiger partial charge in [0.05, 0.1) is 12.6 Å². The lowest BCUT2D eigenvalue weighted by molar-refractivity contribution is -0.139. The van der Waals surface area contributed by atoms with Crippen LogP contribution in [-0.4, -0.2) is 21.2 Å². The van der Waals surface area contributed by atoms with Crippen LogP contribution in [0, 0.1) is 0 Å². The summed E-state index contributed by atoms with van der Waals surface area (Å²) in [6.45, 7) is 0. The Bertz CT molecular complexity index is 288. The monoisotopic (exact) mass is 207 g/mol. The third kappa shape index (κ3) is 2.44. The Labute approximate surface area is 77.4 Å². The molecule has 6 heteroatoms. The minimum absolute atomic E-state index is 0.336. The van der Waals surface area contributed by atoms with Crippen molar-refractivity contribution in [2.75, 3.05) is 0 Å². The minimum Gasteiger partial charge on any atom is -0.481 e. The molecule has 12 heavy (non-hydrogen) atoms. The third-order valence-corrected chi connectivity index (χ3v) is 2.36. The molecule has 0 aromatic carbocycles. The Morgan fingerprint density at radius 3 is 2.92 bits per heavy atom. The van der Waals surface area contributed by atoms with E-state index < -0.39 is 12.1 Å². The first-order valence-corrected chi connectivity index (χ1v) is 4.30. The van der Waals surface area contributed by atoms with E-state index in [2.05, 4.69) is 4.98 Å². The van der Waals surface area contributed by atoms with E-state index in [1.54, 1.807) is 0 Å². The van der Waals surface area contributed by atoms with Crippen molar-refractivity contribution in [1.82, 2.24) is 4.98 Å². The fraction of sp³-hybridized carbons (Fsp3) is 0.333. The number of aliphatic hydroxyl groups is 1. The van der Waals surface area contributed by atoms with Gasteiger partial charge < -0.3 is 10.2 Å². The Morgan fingerprint density at radius 2 is 2.50 bits per heavy atom. The van der Waals surface area contributed by atoms with Crippen LogP contribution >= 0.6 is 22.9 Å². The van der Waals surface area contributed by atoms with Gasteiger partial charge in [0.15, 0.2) is 0 Å². The molecule has 2 N–H and O–H groups in total. The van der Waals surface area contributed by atoms with Gasteiger partial charge >= 0.3 is 5.97 Å². The zero-order valence-electron chi connectivity index (χ0n) is 5.90. The maximum Gasteiger partial charge on any atom is 0.306 e. The molecule has 0 amide bonds. The van der Waals surface area contributed by atoms with Crippen LogP contribution < -0.4 is 0 Å². The second-order valence-corrected chi connectivity index (χ2v) is 3.81. The maximum atomic E-state index is 10.2. The molecule has 4 nitrogen and oxygen atoms in total. The fourth-order valence-electron chi connectivity index (χ4n) is 0.674. The number of thiazole rings is 1. The van der Waals surface area contributed by atoms with Gasteiger partial charge in [-0.2, -0.15) is 0 Å². The van der Waals surface area contributed by atoms with Crippen LogP contribution in [0.25, 0.3) is 0 Å². The summed E-state index contributed by atoms with van der Waals surface area (Å²) in [5.41, 5.74) is 0. The van der Waals surface area contributed by atoms with E-state index in [0.717, 1.165) is 11.3 Å². The van der Waals surface area contributed by atoms with Gasteiger partial charge in [-0.1, -0.05) is 11.6 Å². The zero-order chi connectivity index (χ0) is 9.14. The van der Waals surface area contributed by atoms with Crippen molar-refractivity contribution < 1.29 is 15.0 Å². The molecule has 1 heterocycles. The molecule has 1 aromatic rings. The highest BCUT2D eigenvalue weighted by Crippen LogP contribution is 2.25. The molecule has 66 valence electrons. The Morgan fingerprint density at radius 1 is 1.83 bits per heavy atom. The topological polar surface area (TPSA) is 70.4 Å². The van der Waals surface area contributed by atoms with Crippen molar-refractivity contribution >= 4 is 28.9 Å². The standard InChI is InChI=1S/C6H6ClNO3S/c7-4-2-8-6(12-4)3(9)1-5(10)11/h2-3,9H,1H2,(H,10,11). The van der Waals surface area contributed by atoms with Gasteiger partial charge in [-0.15, -0.1) is 11.3 Å². The fourth-order valence-corrected chi connectivity index (χ4v) is 1.59. The van der Waals surface area contributed by atoms with Gasteiger partial charge in [0.1, 0.15) is 15.4 Å². The van der Waals surface area contributed by atoms with Crippen LogP contribution in [0.1, 0.15) is 17.5 Å². The van der Waals surface area contributed by atoms with E-state index in [9.17, 15) is 9.90 Å². The van der Waals surface area contributed by atoms with Gasteiger partial charge in [0.25, 0.3) is 0 Å². The van der Waals surface area contributed by atoms with E-state index in [-0.39, 0.29) is 6.42 Å². The summed E-state index contributed by atoms with van der Waals surface area (Å²) < 4.78 is 0.439. The average molecular weight is 208 g/mol. The molecule has 1 unspecified atom stereocenters. The Kier molecular flexibility index (Phi) is 3.02. The molecule has 0 aliphatic heterocycles. The summed E-state index contributed by atoms with van der Waals surface area (Å²) in [6.07, 6.45) is -0.0174. The molecule has 0 fully saturated rings. The van der Waals surface area contributed by atoms with Crippen LogP contribution in [0.15, 0.2) is 6.20 Å². The quantitative estimate of drug-likeness (QED) is 0.784. The van der Waals surface area contributed by atoms with E-state index in [4.69, 9.17) is 16.7 Å². The number of aromatic nitrogens is 1. The van der Waals surface area contributed by atoms with Crippen LogP contribution in [0.3, 0.4) is 0 Å². The van der Waals surface area contributed by atoms with Crippen molar-refractivity contribution in [1.29, 1.82) is 0 Å². The molecule has 0 radical (unpaired) electrons. The SMILES string of the molecule is O=C(O)CC(O)c1ncc(Cl)s1. The first-order chi connectivity index (χ1) is 5.59. The molecule has 1 atom stereocenters. The summed E-state index contributed by atoms with van der Waals surface area (Å²) in [6, 6.07) is 0. The highest BCUT2D eigenvalue weighted by atomic mass is 35.5. The number of hydrogen-bond donors (Lipinski definition) is 2. The number of hydrogen-bond acceptors (Lipinski definition) is 4. The van der Waals surface area contributed by atoms with Crippen molar-refractivity contribution in [3.8, 4) is 0 Å². The van der Waals surface area contributed by atoms with E-state index in [0.29, 0.717) is 9.34 Å². The Balaban J connectivity index is 2.64. The second-order valence-electron chi connectivity index (χ2n) is 2.12. The predicted octanol–water partition coefficient (Wildman–Crippen LogP) is 1.30. The predicted molar refractivity (Wildman–Crippen MR) is 44.3 cm³/mol. The molecular weight excluding hydrogens is 202 g/mol. The van der Waals surface area contributed by atoms with Crippen molar-refractivity contribution in [2.24, 2.45) is 0 Å². The normalized spacial score (nSPS) is 12.8. The number of rotatable bonds is 3. The Hall–Kier alpha value is -0.650. The first kappa shape index (κ1) is 9.44. The lowest BCUT2D eigenvalue weighted by Crippen LogP contribution is -2.04. The number of carbonyl (C=O) groups is 1. The lowest BCUT2D eigenvalue weighted by atomic mass is 10.3. The number of carboxylic acids is 1. The minimum atomic E-state index is -1.06. The number of halogens is 1. The molecule has 0 aliphatic carbocycles. The van der Waals surface area contributed by atoms with Crippen LogP contribution in [-0.2, 0) is 4.79 Å². The van der Waals surface area contributed by atoms with Crippen LogP contribution in [0.2, 0.25) is 4.34 Å². The van der Waals surface area contributed by atoms with Gasteiger partial charge in [-0.05, 0) is 0 Å². The van der Waals surface area contributed by atoms with Crippen molar-refractivity contribution in [2.45, 2.75) is 12.5 Å². The number of carboxylic acid groups (broad SMARTS) is 1. The maximum absolute atomic E-state index is 10.2. The smallest absolute Gasteiger partial charge is 0.306 e. The molecule has 0 aliphatic rings. The van der Waals surface area contributed by atoms with Gasteiger partial charge in [0, 0.05) is 0 Å². The van der Waals surface area contributed by atoms with E-state index >= 15 is 0 Å². The summed E-state index contributed by atoms with van der Waals surface area (Å²) in [5.74, 6) is -1.06. The number of aliphatic carboxylic acids is 1. The summed E-state index contributed by atoms with van der Waals surface area (Å²) >= 11 is 6.62. The zero-order valence-corrected chi connectivity index (χ0v) is 7.47. The largest absolute Gasteiger partial charge is 0.481 e. The van der Waals surface area contributed by atoms with E-state index in [1.165, 1.54) is 6.20 Å². The summed E-state index contributed by atoms with van der Waals surface area (Å²) in [5, 5.41) is 17.9. The molecule has 1 rings (SSSR count). The van der Waals surface area contributed by atoms with E-state index in [1.807, 2.05) is 0 Å². The molecule has 1 aromatic heterocycles. The first-order valence-electron chi connectivity index (χ1n) is 3.10. The average Bonchev–Trinajstić information content (AvgIpc) is 2.34. The summed E-state index contributed by atoms with van der Waals surface area (Å²) in [7, 11) is 0. The van der Waals surface area contributed by atoms with Gasteiger partial charge in [-0.25, -0.2) is 4.98 Å². The molecular formula is C6H6ClNO3S. The van der Waals surface area contributed by atoms with Gasteiger partial charge in [-0.3, -0.25) is 4.79 Å². The van der Waals surface area contributed by atoms with Crippen LogP contribution in [0.5, 0.6) is 0 Å².